The molecule has 0 bridgehead atoms. The molecular formula is C26H28ClNO. The summed E-state index contributed by atoms with van der Waals surface area (Å²) in [6.45, 7) is 2.96. The molecule has 0 unspecified atom stereocenters. The van der Waals surface area contributed by atoms with Gasteiger partial charge in [0.1, 0.15) is 11.4 Å². The van der Waals surface area contributed by atoms with Gasteiger partial charge in [0.2, 0.25) is 0 Å². The molecule has 1 aliphatic heterocycles. The zero-order valence-electron chi connectivity index (χ0n) is 17.0. The molecule has 1 aliphatic carbocycles. The molecule has 1 N–H and O–H groups in total. The molecule has 0 amide bonds. The van der Waals surface area contributed by atoms with Gasteiger partial charge in [0.25, 0.3) is 0 Å². The van der Waals surface area contributed by atoms with Crippen molar-refractivity contribution in [3.05, 3.63) is 76.3 Å². The summed E-state index contributed by atoms with van der Waals surface area (Å²) >= 11 is 6.44. The van der Waals surface area contributed by atoms with Crippen LogP contribution in [0.5, 0.6) is 5.75 Å². The van der Waals surface area contributed by atoms with Crippen molar-refractivity contribution in [1.82, 2.24) is 5.32 Å². The van der Waals surface area contributed by atoms with E-state index in [4.69, 9.17) is 16.3 Å². The lowest BCUT2D eigenvalue weighted by Gasteiger charge is -2.45. The third-order valence-electron chi connectivity index (χ3n) is 6.72. The minimum absolute atomic E-state index is 0.0275. The summed E-state index contributed by atoms with van der Waals surface area (Å²) in [5, 5.41) is 7.28. The monoisotopic (exact) mass is 405 g/mol. The summed E-state index contributed by atoms with van der Waals surface area (Å²) in [4.78, 5) is 0. The van der Waals surface area contributed by atoms with Gasteiger partial charge in [0.05, 0.1) is 0 Å². The molecule has 2 nitrogen and oxygen atoms in total. The fourth-order valence-electron chi connectivity index (χ4n) is 5.26. The molecule has 0 radical (unpaired) electrons. The molecule has 2 aliphatic rings. The summed E-state index contributed by atoms with van der Waals surface area (Å²) in [5.41, 5.74) is 3.67. The lowest BCUT2D eigenvalue weighted by atomic mass is 9.76. The van der Waals surface area contributed by atoms with E-state index in [0.29, 0.717) is 0 Å². The van der Waals surface area contributed by atoms with Gasteiger partial charge in [-0.25, -0.2) is 0 Å². The summed E-state index contributed by atoms with van der Waals surface area (Å²) in [6, 6.07) is 19.6. The van der Waals surface area contributed by atoms with Crippen molar-refractivity contribution >= 4 is 22.4 Å². The van der Waals surface area contributed by atoms with Crippen molar-refractivity contribution in [3.8, 4) is 5.75 Å². The smallest absolute Gasteiger partial charge is 0.127 e. The Bertz CT molecular complexity index is 1030. The number of ether oxygens (including phenoxy) is 1. The largest absolute Gasteiger partial charge is 0.487 e. The van der Waals surface area contributed by atoms with Gasteiger partial charge in [-0.1, -0.05) is 60.5 Å². The van der Waals surface area contributed by atoms with E-state index >= 15 is 0 Å². The Morgan fingerprint density at radius 1 is 1.03 bits per heavy atom. The average molecular weight is 406 g/mol. The first-order valence-corrected chi connectivity index (χ1v) is 11.2. The van der Waals surface area contributed by atoms with Crippen molar-refractivity contribution < 1.29 is 4.74 Å². The summed E-state index contributed by atoms with van der Waals surface area (Å²) in [6.07, 6.45) is 7.17. The predicted octanol–water partition coefficient (Wildman–Crippen LogP) is 7.12. The quantitative estimate of drug-likeness (QED) is 0.500. The van der Waals surface area contributed by atoms with Crippen molar-refractivity contribution in [3.63, 3.8) is 0 Å². The molecule has 5 rings (SSSR count). The molecule has 1 saturated carbocycles. The minimum Gasteiger partial charge on any atom is -0.487 e. The molecule has 3 aromatic carbocycles. The van der Waals surface area contributed by atoms with Gasteiger partial charge in [-0.3, -0.25) is 0 Å². The molecule has 3 aromatic rings. The molecule has 1 fully saturated rings. The fourth-order valence-corrected chi connectivity index (χ4v) is 5.54. The molecule has 150 valence electrons. The highest BCUT2D eigenvalue weighted by Crippen LogP contribution is 2.48. The van der Waals surface area contributed by atoms with E-state index in [0.717, 1.165) is 42.1 Å². The standard InChI is InChI=1S/C26H28ClNO/c1-18-14-21(27)15-23-24(16-26(29-25(18)23)12-5-2-6-13-26)28-17-20-10-7-9-19-8-3-4-11-22(19)20/h3-4,7-11,14-15,24,28H,2,5-6,12-13,16-17H2,1H3/t24-/m0/s1. The summed E-state index contributed by atoms with van der Waals surface area (Å²) in [7, 11) is 0. The van der Waals surface area contributed by atoms with Gasteiger partial charge in [0, 0.05) is 29.6 Å². The highest BCUT2D eigenvalue weighted by molar-refractivity contribution is 6.30. The second kappa shape index (κ2) is 7.66. The van der Waals surface area contributed by atoms with Crippen molar-refractivity contribution in [2.24, 2.45) is 0 Å². The summed E-state index contributed by atoms with van der Waals surface area (Å²) < 4.78 is 6.70. The molecule has 1 atom stereocenters. The first-order chi connectivity index (χ1) is 14.1. The average Bonchev–Trinajstić information content (AvgIpc) is 2.73. The predicted molar refractivity (Wildman–Crippen MR) is 121 cm³/mol. The molecular weight excluding hydrogens is 378 g/mol. The Morgan fingerprint density at radius 2 is 1.83 bits per heavy atom. The molecule has 0 saturated heterocycles. The maximum absolute atomic E-state index is 6.70. The molecule has 3 heteroatoms. The number of hydrogen-bond acceptors (Lipinski definition) is 2. The van der Waals surface area contributed by atoms with Crippen LogP contribution in [0.25, 0.3) is 10.8 Å². The third-order valence-corrected chi connectivity index (χ3v) is 6.94. The Labute approximate surface area is 178 Å². The van der Waals surface area contributed by atoms with Crippen LogP contribution in [-0.2, 0) is 6.54 Å². The number of aryl methyl sites for hydroxylation is 1. The Morgan fingerprint density at radius 3 is 2.69 bits per heavy atom. The van der Waals surface area contributed by atoms with E-state index in [1.807, 2.05) is 6.07 Å². The number of benzene rings is 3. The van der Waals surface area contributed by atoms with Gasteiger partial charge in [-0.05, 0) is 66.6 Å². The SMILES string of the molecule is Cc1cc(Cl)cc2c1OC1(CCCCC1)C[C@@H]2NCc1cccc2ccccc12. The van der Waals surface area contributed by atoms with Crippen LogP contribution in [0, 0.1) is 6.92 Å². The van der Waals surface area contributed by atoms with Crippen LogP contribution in [0.3, 0.4) is 0 Å². The Balaban J connectivity index is 1.48. The Kier molecular flexibility index (Phi) is 5.01. The second-order valence-electron chi connectivity index (χ2n) is 8.76. The van der Waals surface area contributed by atoms with Gasteiger partial charge in [0.15, 0.2) is 0 Å². The third kappa shape index (κ3) is 3.65. The molecule has 29 heavy (non-hydrogen) atoms. The Hall–Kier alpha value is -2.03. The molecule has 1 heterocycles. The van der Waals surface area contributed by atoms with Gasteiger partial charge >= 0.3 is 0 Å². The number of rotatable bonds is 3. The van der Waals surface area contributed by atoms with E-state index in [2.05, 4.69) is 60.8 Å². The van der Waals surface area contributed by atoms with Crippen LogP contribution in [0.2, 0.25) is 5.02 Å². The minimum atomic E-state index is -0.0275. The zero-order valence-corrected chi connectivity index (χ0v) is 17.8. The maximum Gasteiger partial charge on any atom is 0.127 e. The van der Waals surface area contributed by atoms with E-state index in [1.165, 1.54) is 41.2 Å². The number of fused-ring (bicyclic) bond motifs is 2. The van der Waals surface area contributed by atoms with Gasteiger partial charge in [-0.15, -0.1) is 0 Å². The van der Waals surface area contributed by atoms with E-state index in [1.54, 1.807) is 0 Å². The van der Waals surface area contributed by atoms with Crippen LogP contribution < -0.4 is 10.1 Å². The van der Waals surface area contributed by atoms with Crippen molar-refractivity contribution in [2.75, 3.05) is 0 Å². The number of halogens is 1. The maximum atomic E-state index is 6.70. The van der Waals surface area contributed by atoms with Gasteiger partial charge in [-0.2, -0.15) is 0 Å². The van der Waals surface area contributed by atoms with E-state index in [-0.39, 0.29) is 11.6 Å². The highest BCUT2D eigenvalue weighted by atomic mass is 35.5. The first-order valence-electron chi connectivity index (χ1n) is 10.8. The molecule has 1 spiro atoms. The van der Waals surface area contributed by atoms with Crippen LogP contribution in [0.15, 0.2) is 54.6 Å². The summed E-state index contributed by atoms with van der Waals surface area (Å²) in [5.74, 6) is 1.05. The van der Waals surface area contributed by atoms with Crippen LogP contribution in [0.1, 0.15) is 61.3 Å². The number of hydrogen-bond donors (Lipinski definition) is 1. The van der Waals surface area contributed by atoms with Gasteiger partial charge < -0.3 is 10.1 Å². The normalized spacial score (nSPS) is 20.4. The van der Waals surface area contributed by atoms with E-state index in [9.17, 15) is 0 Å². The van der Waals surface area contributed by atoms with Crippen molar-refractivity contribution in [2.45, 2.75) is 63.6 Å². The first kappa shape index (κ1) is 19.0. The topological polar surface area (TPSA) is 21.3 Å². The molecule has 0 aromatic heterocycles. The second-order valence-corrected chi connectivity index (χ2v) is 9.20. The van der Waals surface area contributed by atoms with Crippen LogP contribution >= 0.6 is 11.6 Å². The van der Waals surface area contributed by atoms with Crippen LogP contribution in [-0.4, -0.2) is 5.60 Å². The van der Waals surface area contributed by atoms with Crippen molar-refractivity contribution in [1.29, 1.82) is 0 Å². The van der Waals surface area contributed by atoms with E-state index < -0.39 is 0 Å². The lowest BCUT2D eigenvalue weighted by molar-refractivity contribution is -0.00353. The fraction of sp³-hybridized carbons (Fsp3) is 0.385. The lowest BCUT2D eigenvalue weighted by Crippen LogP contribution is -2.45. The number of nitrogens with one attached hydrogen (secondary N) is 1. The van der Waals surface area contributed by atoms with Crippen LogP contribution in [0.4, 0.5) is 0 Å². The highest BCUT2D eigenvalue weighted by Gasteiger charge is 2.42. The zero-order chi connectivity index (χ0) is 19.8.